The number of sulfonamides is 1. The van der Waals surface area contributed by atoms with Crippen LogP contribution >= 0.6 is 0 Å². The van der Waals surface area contributed by atoms with Gasteiger partial charge < -0.3 is 5.11 Å². The molecule has 2 N–H and O–H groups in total. The van der Waals surface area contributed by atoms with E-state index in [-0.39, 0.29) is 17.1 Å². The highest BCUT2D eigenvalue weighted by Crippen LogP contribution is 2.22. The van der Waals surface area contributed by atoms with E-state index in [1.54, 1.807) is 32.0 Å². The molecule has 8 heteroatoms. The number of nitrogens with one attached hydrogen (secondary N) is 1. The van der Waals surface area contributed by atoms with Crippen LogP contribution in [0.15, 0.2) is 35.5 Å². The first-order valence-electron chi connectivity index (χ1n) is 7.29. The quantitative estimate of drug-likeness (QED) is 0.815. The first kappa shape index (κ1) is 18.0. The highest BCUT2D eigenvalue weighted by atomic mass is 32.2. The van der Waals surface area contributed by atoms with Gasteiger partial charge in [0.25, 0.3) is 0 Å². The summed E-state index contributed by atoms with van der Waals surface area (Å²) in [4.78, 5) is 19.4. The SMILES string of the molecule is Cc1cc(C)c(S(=O)(=O)NC(Cc2ncccn2)C(=O)O)c(C)c1. The van der Waals surface area contributed by atoms with Gasteiger partial charge in [0.05, 0.1) is 4.90 Å². The highest BCUT2D eigenvalue weighted by Gasteiger charge is 2.28. The Hall–Kier alpha value is -2.32. The lowest BCUT2D eigenvalue weighted by atomic mass is 10.1. The Bertz CT molecular complexity index is 828. The Morgan fingerprint density at radius 2 is 1.71 bits per heavy atom. The maximum absolute atomic E-state index is 12.7. The number of aryl methyl sites for hydroxylation is 3. The number of benzene rings is 1. The molecule has 0 fully saturated rings. The van der Waals surface area contributed by atoms with Crippen molar-refractivity contribution in [1.82, 2.24) is 14.7 Å². The lowest BCUT2D eigenvalue weighted by Crippen LogP contribution is -2.43. The fraction of sp³-hybridized carbons (Fsp3) is 0.312. The molecule has 0 aliphatic carbocycles. The summed E-state index contributed by atoms with van der Waals surface area (Å²) in [7, 11) is -3.99. The van der Waals surface area contributed by atoms with E-state index in [2.05, 4.69) is 14.7 Å². The van der Waals surface area contributed by atoms with Crippen molar-refractivity contribution in [3.63, 3.8) is 0 Å². The van der Waals surface area contributed by atoms with Gasteiger partial charge in [-0.15, -0.1) is 0 Å². The fourth-order valence-corrected chi connectivity index (χ4v) is 4.28. The smallest absolute Gasteiger partial charge is 0.322 e. The minimum absolute atomic E-state index is 0.105. The van der Waals surface area contributed by atoms with E-state index in [0.29, 0.717) is 11.1 Å². The molecule has 0 saturated carbocycles. The van der Waals surface area contributed by atoms with Crippen molar-refractivity contribution >= 4 is 16.0 Å². The number of hydrogen-bond acceptors (Lipinski definition) is 5. The molecule has 1 aromatic carbocycles. The molecule has 1 atom stereocenters. The molecule has 2 aromatic rings. The molecule has 0 bridgehead atoms. The Labute approximate surface area is 140 Å². The topological polar surface area (TPSA) is 109 Å². The molecule has 7 nitrogen and oxygen atoms in total. The zero-order valence-electron chi connectivity index (χ0n) is 13.6. The van der Waals surface area contributed by atoms with Crippen molar-refractivity contribution in [3.05, 3.63) is 53.1 Å². The van der Waals surface area contributed by atoms with Crippen LogP contribution in [0.2, 0.25) is 0 Å². The number of nitrogens with zero attached hydrogens (tertiary/aromatic N) is 2. The zero-order valence-corrected chi connectivity index (χ0v) is 14.5. The van der Waals surface area contributed by atoms with Crippen molar-refractivity contribution in [2.24, 2.45) is 0 Å². The van der Waals surface area contributed by atoms with Gasteiger partial charge in [0.15, 0.2) is 0 Å². The molecule has 0 saturated heterocycles. The van der Waals surface area contributed by atoms with Gasteiger partial charge in [-0.05, 0) is 38.0 Å². The summed E-state index contributed by atoms with van der Waals surface area (Å²) in [5, 5.41) is 9.35. The van der Waals surface area contributed by atoms with Crippen LogP contribution in [0.3, 0.4) is 0 Å². The summed E-state index contributed by atoms with van der Waals surface area (Å²) in [5.74, 6) is -1.03. The third kappa shape index (κ3) is 4.15. The summed E-state index contributed by atoms with van der Waals surface area (Å²) in [6.07, 6.45) is 2.81. The third-order valence-electron chi connectivity index (χ3n) is 3.47. The van der Waals surface area contributed by atoms with Crippen LogP contribution in [0.1, 0.15) is 22.5 Å². The van der Waals surface area contributed by atoms with Crippen LogP contribution in [0.4, 0.5) is 0 Å². The van der Waals surface area contributed by atoms with Crippen LogP contribution in [-0.4, -0.2) is 35.5 Å². The van der Waals surface area contributed by atoms with E-state index < -0.39 is 22.0 Å². The van der Waals surface area contributed by atoms with E-state index >= 15 is 0 Å². The van der Waals surface area contributed by atoms with E-state index in [9.17, 15) is 18.3 Å². The van der Waals surface area contributed by atoms with Crippen LogP contribution in [-0.2, 0) is 21.2 Å². The lowest BCUT2D eigenvalue weighted by molar-refractivity contribution is -0.139. The van der Waals surface area contributed by atoms with E-state index in [1.807, 2.05) is 6.92 Å². The minimum Gasteiger partial charge on any atom is -0.480 e. The Balaban J connectivity index is 2.33. The maximum atomic E-state index is 12.7. The van der Waals surface area contributed by atoms with Gasteiger partial charge in [0.2, 0.25) is 10.0 Å². The van der Waals surface area contributed by atoms with Crippen molar-refractivity contribution in [2.45, 2.75) is 38.1 Å². The Morgan fingerprint density at radius 1 is 1.17 bits per heavy atom. The number of rotatable bonds is 6. The van der Waals surface area contributed by atoms with E-state index in [1.165, 1.54) is 12.4 Å². The molecule has 2 rings (SSSR count). The number of carboxylic acid groups (broad SMARTS) is 1. The lowest BCUT2D eigenvalue weighted by Gasteiger charge is -2.17. The van der Waals surface area contributed by atoms with Crippen LogP contribution in [0.25, 0.3) is 0 Å². The van der Waals surface area contributed by atoms with E-state index in [4.69, 9.17) is 0 Å². The zero-order chi connectivity index (χ0) is 17.9. The number of carboxylic acids is 1. The number of hydrogen-bond donors (Lipinski definition) is 2. The van der Waals surface area contributed by atoms with E-state index in [0.717, 1.165) is 5.56 Å². The van der Waals surface area contributed by atoms with Crippen molar-refractivity contribution in [1.29, 1.82) is 0 Å². The fourth-order valence-electron chi connectivity index (χ4n) is 2.63. The predicted octanol–water partition coefficient (Wildman–Crippen LogP) is 1.38. The van der Waals surface area contributed by atoms with Crippen molar-refractivity contribution < 1.29 is 18.3 Å². The van der Waals surface area contributed by atoms with Crippen LogP contribution < -0.4 is 4.72 Å². The Kier molecular flexibility index (Phi) is 5.30. The largest absolute Gasteiger partial charge is 0.480 e. The normalized spacial score (nSPS) is 12.8. The summed E-state index contributed by atoms with van der Waals surface area (Å²) in [6, 6.07) is 3.75. The first-order valence-corrected chi connectivity index (χ1v) is 8.78. The molecule has 128 valence electrons. The van der Waals surface area contributed by atoms with Crippen LogP contribution in [0, 0.1) is 20.8 Å². The number of carbonyl (C=O) groups is 1. The molecule has 1 heterocycles. The second-order valence-electron chi connectivity index (χ2n) is 5.61. The molecule has 24 heavy (non-hydrogen) atoms. The van der Waals surface area contributed by atoms with Gasteiger partial charge in [0, 0.05) is 18.8 Å². The molecule has 0 radical (unpaired) electrons. The van der Waals surface area contributed by atoms with Gasteiger partial charge in [-0.25, -0.2) is 18.4 Å². The molecule has 0 spiro atoms. The molecule has 0 amide bonds. The van der Waals surface area contributed by atoms with Gasteiger partial charge in [-0.2, -0.15) is 4.72 Å². The summed E-state index contributed by atoms with van der Waals surface area (Å²) >= 11 is 0. The average Bonchev–Trinajstić information content (AvgIpc) is 2.45. The molecule has 1 unspecified atom stereocenters. The van der Waals surface area contributed by atoms with Crippen molar-refractivity contribution in [2.75, 3.05) is 0 Å². The number of aliphatic carboxylic acids is 1. The standard InChI is InChI=1S/C16H19N3O4S/c1-10-7-11(2)15(12(3)8-10)24(22,23)19-13(16(20)21)9-14-17-5-4-6-18-14/h4-8,13,19H,9H2,1-3H3,(H,20,21). The molecule has 0 aliphatic heterocycles. The molecular weight excluding hydrogens is 330 g/mol. The van der Waals surface area contributed by atoms with Gasteiger partial charge in [-0.3, -0.25) is 4.79 Å². The summed E-state index contributed by atoms with van der Waals surface area (Å²) < 4.78 is 27.6. The number of aromatic nitrogens is 2. The molecular formula is C16H19N3O4S. The molecule has 0 aliphatic rings. The second-order valence-corrected chi connectivity index (χ2v) is 7.26. The van der Waals surface area contributed by atoms with Gasteiger partial charge in [-0.1, -0.05) is 17.7 Å². The van der Waals surface area contributed by atoms with Gasteiger partial charge in [0.1, 0.15) is 11.9 Å². The minimum atomic E-state index is -3.99. The third-order valence-corrected chi connectivity index (χ3v) is 5.25. The molecule has 1 aromatic heterocycles. The summed E-state index contributed by atoms with van der Waals surface area (Å²) in [6.45, 7) is 5.24. The first-order chi connectivity index (χ1) is 11.2. The average molecular weight is 349 g/mol. The monoisotopic (exact) mass is 349 g/mol. The maximum Gasteiger partial charge on any atom is 0.322 e. The Morgan fingerprint density at radius 3 is 2.21 bits per heavy atom. The highest BCUT2D eigenvalue weighted by molar-refractivity contribution is 7.89. The van der Waals surface area contributed by atoms with Gasteiger partial charge >= 0.3 is 5.97 Å². The summed E-state index contributed by atoms with van der Waals surface area (Å²) in [5.41, 5.74) is 2.08. The van der Waals surface area contributed by atoms with Crippen LogP contribution in [0.5, 0.6) is 0 Å². The second kappa shape index (κ2) is 7.06. The predicted molar refractivity (Wildman–Crippen MR) is 88.1 cm³/mol. The van der Waals surface area contributed by atoms with Crippen molar-refractivity contribution in [3.8, 4) is 0 Å².